The van der Waals surface area contributed by atoms with Crippen molar-refractivity contribution < 1.29 is 14.7 Å². The van der Waals surface area contributed by atoms with Gasteiger partial charge in [-0.1, -0.05) is 25.3 Å². The first-order chi connectivity index (χ1) is 9.34. The molecule has 110 valence electrons. The largest absolute Gasteiger partial charge is 0.481 e. The molecule has 1 saturated carbocycles. The number of carbonyl (C=O) groups excluding carboxylic acids is 1. The maximum absolute atomic E-state index is 12.0. The van der Waals surface area contributed by atoms with Gasteiger partial charge in [0.05, 0.1) is 5.92 Å². The van der Waals surface area contributed by atoms with Gasteiger partial charge in [-0.3, -0.25) is 9.59 Å². The Bertz CT molecular complexity index is 501. The Morgan fingerprint density at radius 1 is 1.45 bits per heavy atom. The second-order valence-electron chi connectivity index (χ2n) is 5.95. The fourth-order valence-electron chi connectivity index (χ4n) is 2.95. The molecule has 3 atom stereocenters. The molecule has 1 aromatic heterocycles. The molecule has 6 nitrogen and oxygen atoms in total. The van der Waals surface area contributed by atoms with E-state index in [2.05, 4.69) is 14.9 Å². The van der Waals surface area contributed by atoms with Crippen LogP contribution in [0.15, 0.2) is 5.38 Å². The zero-order valence-electron chi connectivity index (χ0n) is 11.8. The molecule has 1 aromatic rings. The second-order valence-corrected chi connectivity index (χ2v) is 6.56. The van der Waals surface area contributed by atoms with E-state index in [1.807, 2.05) is 20.8 Å². The summed E-state index contributed by atoms with van der Waals surface area (Å²) in [5, 5.41) is 17.6. The SMILES string of the molecule is CC1C(NC(=O)c2csnn2)CCC(C(=O)O)C1(C)C. The van der Waals surface area contributed by atoms with Gasteiger partial charge in [0.2, 0.25) is 0 Å². The number of aliphatic carboxylic acids is 1. The molecular formula is C13H19N3O3S. The zero-order chi connectivity index (χ0) is 14.9. The molecule has 1 amide bonds. The van der Waals surface area contributed by atoms with Gasteiger partial charge in [-0.05, 0) is 35.7 Å². The lowest BCUT2D eigenvalue weighted by Crippen LogP contribution is -2.52. The van der Waals surface area contributed by atoms with E-state index in [1.165, 1.54) is 0 Å². The van der Waals surface area contributed by atoms with Crippen molar-refractivity contribution >= 4 is 23.4 Å². The van der Waals surface area contributed by atoms with Crippen LogP contribution in [0, 0.1) is 17.3 Å². The van der Waals surface area contributed by atoms with Crippen molar-refractivity contribution in [2.45, 2.75) is 39.7 Å². The zero-order valence-corrected chi connectivity index (χ0v) is 12.6. The Kier molecular flexibility index (Phi) is 4.08. The van der Waals surface area contributed by atoms with Crippen molar-refractivity contribution in [2.75, 3.05) is 0 Å². The van der Waals surface area contributed by atoms with Crippen molar-refractivity contribution in [2.24, 2.45) is 17.3 Å². The molecular weight excluding hydrogens is 278 g/mol. The Labute approximate surface area is 121 Å². The highest BCUT2D eigenvalue weighted by Gasteiger charge is 2.46. The van der Waals surface area contributed by atoms with Gasteiger partial charge in [0.25, 0.3) is 5.91 Å². The van der Waals surface area contributed by atoms with Crippen LogP contribution in [0.5, 0.6) is 0 Å². The lowest BCUT2D eigenvalue weighted by molar-refractivity contribution is -0.150. The molecule has 0 aliphatic heterocycles. The van der Waals surface area contributed by atoms with Crippen LogP contribution in [-0.4, -0.2) is 32.6 Å². The highest BCUT2D eigenvalue weighted by Crippen LogP contribution is 2.45. The number of rotatable bonds is 3. The lowest BCUT2D eigenvalue weighted by Gasteiger charge is -2.46. The molecule has 2 N–H and O–H groups in total. The van der Waals surface area contributed by atoms with Crippen molar-refractivity contribution in [1.82, 2.24) is 14.9 Å². The third kappa shape index (κ3) is 2.67. The molecule has 1 fully saturated rings. The Morgan fingerprint density at radius 2 is 2.15 bits per heavy atom. The van der Waals surface area contributed by atoms with Crippen molar-refractivity contribution in [3.63, 3.8) is 0 Å². The topological polar surface area (TPSA) is 92.2 Å². The average molecular weight is 297 g/mol. The van der Waals surface area contributed by atoms with E-state index in [1.54, 1.807) is 5.38 Å². The first kappa shape index (κ1) is 14.9. The minimum Gasteiger partial charge on any atom is -0.481 e. The lowest BCUT2D eigenvalue weighted by atomic mass is 9.61. The number of amides is 1. The van der Waals surface area contributed by atoms with E-state index in [9.17, 15) is 14.7 Å². The third-order valence-electron chi connectivity index (χ3n) is 4.65. The van der Waals surface area contributed by atoms with Crippen LogP contribution in [-0.2, 0) is 4.79 Å². The van der Waals surface area contributed by atoms with Crippen LogP contribution < -0.4 is 5.32 Å². The molecule has 1 aliphatic carbocycles. The molecule has 3 unspecified atom stereocenters. The summed E-state index contributed by atoms with van der Waals surface area (Å²) < 4.78 is 3.67. The number of nitrogens with zero attached hydrogens (tertiary/aromatic N) is 2. The normalized spacial score (nSPS) is 28.9. The van der Waals surface area contributed by atoms with E-state index in [0.29, 0.717) is 18.5 Å². The Hall–Kier alpha value is -1.50. The highest BCUT2D eigenvalue weighted by molar-refractivity contribution is 7.03. The van der Waals surface area contributed by atoms with Gasteiger partial charge in [-0.15, -0.1) is 5.10 Å². The van der Waals surface area contributed by atoms with E-state index in [4.69, 9.17) is 0 Å². The highest BCUT2D eigenvalue weighted by atomic mass is 32.1. The van der Waals surface area contributed by atoms with Gasteiger partial charge in [0, 0.05) is 11.4 Å². The van der Waals surface area contributed by atoms with E-state index >= 15 is 0 Å². The predicted molar refractivity (Wildman–Crippen MR) is 74.5 cm³/mol. The van der Waals surface area contributed by atoms with Gasteiger partial charge in [0.1, 0.15) is 0 Å². The molecule has 0 saturated heterocycles. The molecule has 7 heteroatoms. The first-order valence-electron chi connectivity index (χ1n) is 6.64. The molecule has 0 spiro atoms. The second kappa shape index (κ2) is 5.47. The molecule has 0 radical (unpaired) electrons. The van der Waals surface area contributed by atoms with Crippen molar-refractivity contribution in [3.05, 3.63) is 11.1 Å². The monoisotopic (exact) mass is 297 g/mol. The van der Waals surface area contributed by atoms with E-state index in [0.717, 1.165) is 11.5 Å². The fourth-order valence-corrected chi connectivity index (χ4v) is 3.39. The van der Waals surface area contributed by atoms with Crippen molar-refractivity contribution in [3.8, 4) is 0 Å². The number of carboxylic acids is 1. The Morgan fingerprint density at radius 3 is 2.70 bits per heavy atom. The molecule has 1 heterocycles. The number of aromatic nitrogens is 2. The minimum absolute atomic E-state index is 0.0326. The van der Waals surface area contributed by atoms with Crippen LogP contribution >= 0.6 is 11.5 Å². The summed E-state index contributed by atoms with van der Waals surface area (Å²) in [4.78, 5) is 23.3. The third-order valence-corrected chi connectivity index (χ3v) is 5.15. The van der Waals surface area contributed by atoms with Crippen LogP contribution in [0.25, 0.3) is 0 Å². The number of carbonyl (C=O) groups is 2. The maximum Gasteiger partial charge on any atom is 0.307 e. The number of hydrogen-bond donors (Lipinski definition) is 2. The number of nitrogens with one attached hydrogen (secondary N) is 1. The predicted octanol–water partition coefficient (Wildman–Crippen LogP) is 1.79. The standard InChI is InChI=1S/C13H19N3O3S/c1-7-9(14-11(17)10-6-20-16-15-10)5-4-8(12(18)19)13(7,2)3/h6-9H,4-5H2,1-3H3,(H,14,17)(H,18,19). The Balaban J connectivity index is 2.08. The van der Waals surface area contributed by atoms with Crippen LogP contribution in [0.1, 0.15) is 44.1 Å². The van der Waals surface area contributed by atoms with Gasteiger partial charge in [0.15, 0.2) is 5.69 Å². The van der Waals surface area contributed by atoms with E-state index < -0.39 is 5.97 Å². The molecule has 20 heavy (non-hydrogen) atoms. The van der Waals surface area contributed by atoms with Gasteiger partial charge < -0.3 is 10.4 Å². The summed E-state index contributed by atoms with van der Waals surface area (Å²) >= 11 is 1.14. The smallest absolute Gasteiger partial charge is 0.307 e. The van der Waals surface area contributed by atoms with Gasteiger partial charge in [-0.25, -0.2) is 0 Å². The van der Waals surface area contributed by atoms with Crippen LogP contribution in [0.3, 0.4) is 0 Å². The molecule has 2 rings (SSSR count). The van der Waals surface area contributed by atoms with Crippen molar-refractivity contribution in [1.29, 1.82) is 0 Å². The summed E-state index contributed by atoms with van der Waals surface area (Å²) in [6.07, 6.45) is 1.25. The van der Waals surface area contributed by atoms with Gasteiger partial charge >= 0.3 is 5.97 Å². The molecule has 0 aromatic carbocycles. The van der Waals surface area contributed by atoms with Gasteiger partial charge in [-0.2, -0.15) is 0 Å². The fraction of sp³-hybridized carbons (Fsp3) is 0.692. The minimum atomic E-state index is -0.754. The quantitative estimate of drug-likeness (QED) is 0.887. The summed E-state index contributed by atoms with van der Waals surface area (Å²) in [5.41, 5.74) is -0.0390. The number of hydrogen-bond acceptors (Lipinski definition) is 5. The number of carboxylic acid groups (broad SMARTS) is 1. The summed E-state index contributed by atoms with van der Waals surface area (Å²) in [5.74, 6) is -1.28. The van der Waals surface area contributed by atoms with E-state index in [-0.39, 0.29) is 29.2 Å². The van der Waals surface area contributed by atoms with Crippen LogP contribution in [0.2, 0.25) is 0 Å². The maximum atomic E-state index is 12.0. The molecule has 1 aliphatic rings. The first-order valence-corrected chi connectivity index (χ1v) is 7.48. The average Bonchev–Trinajstić information content (AvgIpc) is 2.88. The summed E-state index contributed by atoms with van der Waals surface area (Å²) in [7, 11) is 0. The molecule has 0 bridgehead atoms. The van der Waals surface area contributed by atoms with Crippen LogP contribution in [0.4, 0.5) is 0 Å². The summed E-state index contributed by atoms with van der Waals surface area (Å²) in [6, 6.07) is -0.0326. The summed E-state index contributed by atoms with van der Waals surface area (Å²) in [6.45, 7) is 5.91.